The number of hydrogen-bond acceptors (Lipinski definition) is 4. The number of benzene rings is 2. The van der Waals surface area contributed by atoms with E-state index >= 15 is 0 Å². The average Bonchev–Trinajstić information content (AvgIpc) is 3.73. The largest absolute Gasteiger partial charge is 0.354 e. The first-order valence-electron chi connectivity index (χ1n) is 14.8. The summed E-state index contributed by atoms with van der Waals surface area (Å²) in [5.41, 5.74) is 8.20. The molecule has 2 aromatic carbocycles. The Labute approximate surface area is 232 Å². The average molecular weight is 535 g/mol. The molecule has 1 heterocycles. The summed E-state index contributed by atoms with van der Waals surface area (Å²) in [6.45, 7) is 3.39. The Morgan fingerprint density at radius 3 is 2.41 bits per heavy atom. The molecule has 1 aliphatic heterocycles. The van der Waals surface area contributed by atoms with Crippen LogP contribution in [0, 0.1) is 23.6 Å². The van der Waals surface area contributed by atoms with Crippen LogP contribution < -0.4 is 11.1 Å². The fourth-order valence-corrected chi connectivity index (χ4v) is 6.43. The van der Waals surface area contributed by atoms with Crippen LogP contribution in [0.15, 0.2) is 54.6 Å². The molecular weight excluding hydrogens is 491 g/mol. The highest BCUT2D eigenvalue weighted by molar-refractivity contribution is 5.90. The SMILES string of the molecule is NCC1CCCC(CNC(=O)C2CC(N(CCc3ccccc3)Cc3ccc(F)cc3)CN2C(=O)C2CC2)C1. The molecule has 0 aromatic heterocycles. The van der Waals surface area contributed by atoms with Crippen molar-refractivity contribution in [1.82, 2.24) is 15.1 Å². The highest BCUT2D eigenvalue weighted by Gasteiger charge is 2.45. The maximum absolute atomic E-state index is 13.6. The van der Waals surface area contributed by atoms with E-state index in [1.807, 2.05) is 35.2 Å². The molecular formula is C32H43FN4O2. The van der Waals surface area contributed by atoms with Gasteiger partial charge in [-0.15, -0.1) is 0 Å². The van der Waals surface area contributed by atoms with Gasteiger partial charge in [0.2, 0.25) is 11.8 Å². The molecule has 39 heavy (non-hydrogen) atoms. The van der Waals surface area contributed by atoms with Gasteiger partial charge in [0.1, 0.15) is 11.9 Å². The van der Waals surface area contributed by atoms with E-state index in [-0.39, 0.29) is 29.6 Å². The minimum atomic E-state index is -0.440. The molecule has 6 nitrogen and oxygen atoms in total. The number of carbonyl (C=O) groups excluding carboxylic acids is 2. The topological polar surface area (TPSA) is 78.7 Å². The molecule has 4 atom stereocenters. The van der Waals surface area contributed by atoms with Crippen LogP contribution in [0.3, 0.4) is 0 Å². The van der Waals surface area contributed by atoms with Gasteiger partial charge in [-0.3, -0.25) is 14.5 Å². The zero-order valence-electron chi connectivity index (χ0n) is 22.9. The first-order chi connectivity index (χ1) is 19.0. The Morgan fingerprint density at radius 1 is 0.949 bits per heavy atom. The quantitative estimate of drug-likeness (QED) is 0.455. The van der Waals surface area contributed by atoms with E-state index in [2.05, 4.69) is 22.3 Å². The molecule has 5 rings (SSSR count). The Balaban J connectivity index is 1.29. The maximum Gasteiger partial charge on any atom is 0.242 e. The Kier molecular flexibility index (Phi) is 9.30. The normalized spacial score (nSPS) is 25.2. The number of hydrogen-bond donors (Lipinski definition) is 2. The van der Waals surface area contributed by atoms with Crippen LogP contribution in [-0.4, -0.2) is 59.9 Å². The fraction of sp³-hybridized carbons (Fsp3) is 0.562. The van der Waals surface area contributed by atoms with Gasteiger partial charge in [-0.1, -0.05) is 48.9 Å². The second-order valence-electron chi connectivity index (χ2n) is 11.9. The summed E-state index contributed by atoms with van der Waals surface area (Å²) in [6.07, 6.45) is 7.88. The van der Waals surface area contributed by atoms with Crippen molar-refractivity contribution in [3.05, 3.63) is 71.5 Å². The predicted molar refractivity (Wildman–Crippen MR) is 151 cm³/mol. The highest BCUT2D eigenvalue weighted by Crippen LogP contribution is 2.35. The smallest absolute Gasteiger partial charge is 0.242 e. The molecule has 0 bridgehead atoms. The third-order valence-corrected chi connectivity index (χ3v) is 8.93. The molecule has 2 aromatic rings. The Bertz CT molecular complexity index is 1090. The summed E-state index contributed by atoms with van der Waals surface area (Å²) in [4.78, 5) is 31.1. The van der Waals surface area contributed by atoms with Crippen LogP contribution in [0.1, 0.15) is 56.1 Å². The summed E-state index contributed by atoms with van der Waals surface area (Å²) in [5, 5.41) is 3.22. The summed E-state index contributed by atoms with van der Waals surface area (Å²) in [5.74, 6) is 0.937. The Hall–Kier alpha value is -2.77. The molecule has 2 aliphatic carbocycles. The number of amides is 2. The highest BCUT2D eigenvalue weighted by atomic mass is 19.1. The lowest BCUT2D eigenvalue weighted by atomic mass is 9.81. The van der Waals surface area contributed by atoms with Crippen molar-refractivity contribution in [3.8, 4) is 0 Å². The number of likely N-dealkylation sites (tertiary alicyclic amines) is 1. The molecule has 3 fully saturated rings. The molecule has 3 aliphatic rings. The number of halogens is 1. The number of nitrogens with zero attached hydrogens (tertiary/aromatic N) is 2. The van der Waals surface area contributed by atoms with Gasteiger partial charge in [-0.25, -0.2) is 4.39 Å². The van der Waals surface area contributed by atoms with E-state index in [4.69, 9.17) is 5.73 Å². The summed E-state index contributed by atoms with van der Waals surface area (Å²) >= 11 is 0. The van der Waals surface area contributed by atoms with Crippen LogP contribution in [0.2, 0.25) is 0 Å². The maximum atomic E-state index is 13.6. The van der Waals surface area contributed by atoms with Gasteiger partial charge in [-0.2, -0.15) is 0 Å². The zero-order chi connectivity index (χ0) is 27.2. The van der Waals surface area contributed by atoms with Crippen molar-refractivity contribution >= 4 is 11.8 Å². The Morgan fingerprint density at radius 2 is 1.69 bits per heavy atom. The van der Waals surface area contributed by atoms with Crippen molar-refractivity contribution in [1.29, 1.82) is 0 Å². The van der Waals surface area contributed by atoms with Crippen LogP contribution in [0.25, 0.3) is 0 Å². The number of carbonyl (C=O) groups is 2. The van der Waals surface area contributed by atoms with Crippen molar-refractivity contribution in [2.24, 2.45) is 23.5 Å². The number of nitrogens with one attached hydrogen (secondary N) is 1. The van der Waals surface area contributed by atoms with E-state index in [9.17, 15) is 14.0 Å². The van der Waals surface area contributed by atoms with E-state index in [1.165, 1.54) is 30.5 Å². The lowest BCUT2D eigenvalue weighted by molar-refractivity contribution is -0.139. The van der Waals surface area contributed by atoms with E-state index in [1.54, 1.807) is 0 Å². The molecule has 0 radical (unpaired) electrons. The third kappa shape index (κ3) is 7.46. The van der Waals surface area contributed by atoms with Gasteiger partial charge in [0.05, 0.1) is 0 Å². The standard InChI is InChI=1S/C32H43FN4O2/c33-28-13-9-24(10-14-28)21-36(16-15-23-5-2-1-3-6-23)29-18-30(37(22-29)32(39)27-11-12-27)31(38)35-20-26-8-4-7-25(17-26)19-34/h1-3,5-6,9-10,13-14,25-27,29-30H,4,7-8,11-12,15-22,34H2,(H,35,38). The van der Waals surface area contributed by atoms with Crippen molar-refractivity contribution in [2.75, 3.05) is 26.2 Å². The zero-order valence-corrected chi connectivity index (χ0v) is 22.9. The molecule has 1 saturated heterocycles. The first kappa shape index (κ1) is 27.8. The minimum absolute atomic E-state index is 0.0221. The summed E-state index contributed by atoms with van der Waals surface area (Å²) < 4.78 is 13.6. The molecule has 2 saturated carbocycles. The molecule has 3 N–H and O–H groups in total. The van der Waals surface area contributed by atoms with Crippen molar-refractivity contribution in [2.45, 2.75) is 70.0 Å². The molecule has 4 unspecified atom stereocenters. The van der Waals surface area contributed by atoms with E-state index in [0.717, 1.165) is 44.2 Å². The van der Waals surface area contributed by atoms with Gasteiger partial charge < -0.3 is 16.0 Å². The van der Waals surface area contributed by atoms with Crippen LogP contribution in [-0.2, 0) is 22.6 Å². The lowest BCUT2D eigenvalue weighted by Crippen LogP contribution is -2.47. The minimum Gasteiger partial charge on any atom is -0.354 e. The first-order valence-corrected chi connectivity index (χ1v) is 14.8. The van der Waals surface area contributed by atoms with Crippen molar-refractivity contribution in [3.63, 3.8) is 0 Å². The van der Waals surface area contributed by atoms with Crippen LogP contribution >= 0.6 is 0 Å². The molecule has 2 amide bonds. The van der Waals surface area contributed by atoms with Gasteiger partial charge in [-0.05, 0) is 86.6 Å². The third-order valence-electron chi connectivity index (χ3n) is 8.93. The van der Waals surface area contributed by atoms with Gasteiger partial charge in [0, 0.05) is 38.1 Å². The van der Waals surface area contributed by atoms with Crippen LogP contribution in [0.5, 0.6) is 0 Å². The lowest BCUT2D eigenvalue weighted by Gasteiger charge is -2.29. The van der Waals surface area contributed by atoms with Gasteiger partial charge >= 0.3 is 0 Å². The second-order valence-corrected chi connectivity index (χ2v) is 11.9. The van der Waals surface area contributed by atoms with Gasteiger partial charge in [0.15, 0.2) is 0 Å². The predicted octanol–water partition coefficient (Wildman–Crippen LogP) is 4.13. The van der Waals surface area contributed by atoms with E-state index < -0.39 is 6.04 Å². The summed E-state index contributed by atoms with van der Waals surface area (Å²) in [6, 6.07) is 16.7. The van der Waals surface area contributed by atoms with Gasteiger partial charge in [0.25, 0.3) is 0 Å². The number of rotatable bonds is 11. The number of nitrogens with two attached hydrogens (primary N) is 1. The van der Waals surface area contributed by atoms with Crippen molar-refractivity contribution < 1.29 is 14.0 Å². The second kappa shape index (κ2) is 13.1. The molecule has 7 heteroatoms. The van der Waals surface area contributed by atoms with Crippen LogP contribution in [0.4, 0.5) is 4.39 Å². The summed E-state index contributed by atoms with van der Waals surface area (Å²) in [7, 11) is 0. The molecule has 210 valence electrons. The van der Waals surface area contributed by atoms with E-state index in [0.29, 0.717) is 44.4 Å². The molecule has 0 spiro atoms. The fourth-order valence-electron chi connectivity index (χ4n) is 6.43. The monoisotopic (exact) mass is 534 g/mol.